The SMILES string of the molecule is CC(NC(=O)C1CCCN1C(=O)C(N)Cc1ccc(O)cc1)C(=O)NC(Cc1ccccc1)C(=O)O. The minimum atomic E-state index is -1.18. The van der Waals surface area contributed by atoms with Gasteiger partial charge in [-0.15, -0.1) is 0 Å². The summed E-state index contributed by atoms with van der Waals surface area (Å²) in [6.07, 6.45) is 1.41. The Kier molecular flexibility index (Phi) is 9.02. The summed E-state index contributed by atoms with van der Waals surface area (Å²) in [5.74, 6) is -2.56. The largest absolute Gasteiger partial charge is 0.508 e. The van der Waals surface area contributed by atoms with E-state index in [1.807, 2.05) is 6.07 Å². The minimum absolute atomic E-state index is 0.104. The molecule has 0 radical (unpaired) electrons. The minimum Gasteiger partial charge on any atom is -0.508 e. The molecule has 6 N–H and O–H groups in total. The molecule has 1 aliphatic rings. The van der Waals surface area contributed by atoms with Crippen LogP contribution in [0.15, 0.2) is 54.6 Å². The number of carbonyl (C=O) groups is 4. The molecule has 10 nitrogen and oxygen atoms in total. The van der Waals surface area contributed by atoms with Gasteiger partial charge in [-0.1, -0.05) is 42.5 Å². The number of benzene rings is 2. The number of nitrogens with two attached hydrogens (primary N) is 1. The molecule has 0 saturated carbocycles. The highest BCUT2D eigenvalue weighted by Crippen LogP contribution is 2.20. The monoisotopic (exact) mass is 496 g/mol. The number of carbonyl (C=O) groups excluding carboxylic acids is 3. The number of hydrogen-bond acceptors (Lipinski definition) is 6. The molecule has 1 aliphatic heterocycles. The molecule has 0 aliphatic carbocycles. The lowest BCUT2D eigenvalue weighted by molar-refractivity contribution is -0.143. The van der Waals surface area contributed by atoms with E-state index in [0.717, 1.165) is 11.1 Å². The maximum Gasteiger partial charge on any atom is 0.326 e. The molecule has 2 aromatic carbocycles. The van der Waals surface area contributed by atoms with Gasteiger partial charge in [0.1, 0.15) is 23.9 Å². The van der Waals surface area contributed by atoms with Crippen LogP contribution in [0.4, 0.5) is 0 Å². The number of rotatable bonds is 10. The molecular weight excluding hydrogens is 464 g/mol. The Balaban J connectivity index is 1.56. The second-order valence-electron chi connectivity index (χ2n) is 8.99. The van der Waals surface area contributed by atoms with Gasteiger partial charge >= 0.3 is 5.97 Å². The maximum atomic E-state index is 13.0. The fourth-order valence-electron chi connectivity index (χ4n) is 4.21. The van der Waals surface area contributed by atoms with E-state index in [9.17, 15) is 29.4 Å². The van der Waals surface area contributed by atoms with E-state index in [2.05, 4.69) is 10.6 Å². The number of phenolic OH excluding ortho intramolecular Hbond substituents is 1. The van der Waals surface area contributed by atoms with Gasteiger partial charge < -0.3 is 31.5 Å². The number of hydrogen-bond donors (Lipinski definition) is 5. The van der Waals surface area contributed by atoms with Crippen LogP contribution in [0, 0.1) is 0 Å². The van der Waals surface area contributed by atoms with E-state index >= 15 is 0 Å². The average molecular weight is 497 g/mol. The molecule has 3 rings (SSSR count). The molecule has 3 amide bonds. The van der Waals surface area contributed by atoms with Gasteiger partial charge in [0.05, 0.1) is 6.04 Å². The zero-order chi connectivity index (χ0) is 26.2. The molecule has 0 spiro atoms. The van der Waals surface area contributed by atoms with Crippen molar-refractivity contribution in [2.24, 2.45) is 5.73 Å². The van der Waals surface area contributed by atoms with Crippen molar-refractivity contribution in [3.8, 4) is 5.75 Å². The summed E-state index contributed by atoms with van der Waals surface area (Å²) in [6, 6.07) is 11.5. The predicted octanol–water partition coefficient (Wildman–Crippen LogP) is 0.570. The highest BCUT2D eigenvalue weighted by molar-refractivity contribution is 5.94. The second kappa shape index (κ2) is 12.2. The van der Waals surface area contributed by atoms with Crippen LogP contribution in [0.5, 0.6) is 5.75 Å². The van der Waals surface area contributed by atoms with E-state index < -0.39 is 42.0 Å². The molecule has 0 aromatic heterocycles. The van der Waals surface area contributed by atoms with Gasteiger partial charge in [0.2, 0.25) is 17.7 Å². The summed E-state index contributed by atoms with van der Waals surface area (Å²) in [7, 11) is 0. The van der Waals surface area contributed by atoms with Crippen LogP contribution in [-0.4, -0.2) is 69.5 Å². The summed E-state index contributed by atoms with van der Waals surface area (Å²) in [4.78, 5) is 51.6. The number of likely N-dealkylation sites (tertiary alicyclic amines) is 1. The second-order valence-corrected chi connectivity index (χ2v) is 8.99. The lowest BCUT2D eigenvalue weighted by Gasteiger charge is -2.28. The van der Waals surface area contributed by atoms with E-state index in [-0.39, 0.29) is 24.5 Å². The fraction of sp³-hybridized carbons (Fsp3) is 0.385. The third kappa shape index (κ3) is 7.05. The Morgan fingerprint density at radius 1 is 1.00 bits per heavy atom. The molecule has 1 fully saturated rings. The Morgan fingerprint density at radius 3 is 2.28 bits per heavy atom. The van der Waals surface area contributed by atoms with Crippen molar-refractivity contribution in [1.82, 2.24) is 15.5 Å². The first kappa shape index (κ1) is 26.7. The first-order valence-corrected chi connectivity index (χ1v) is 11.9. The number of carboxylic acids is 1. The molecule has 2 aromatic rings. The quantitative estimate of drug-likeness (QED) is 0.321. The van der Waals surface area contributed by atoms with Gasteiger partial charge in [-0.3, -0.25) is 14.4 Å². The van der Waals surface area contributed by atoms with Crippen molar-refractivity contribution in [2.45, 2.75) is 56.8 Å². The normalized spacial score (nSPS) is 17.6. The molecule has 0 bridgehead atoms. The van der Waals surface area contributed by atoms with E-state index in [4.69, 9.17) is 5.73 Å². The van der Waals surface area contributed by atoms with Crippen molar-refractivity contribution >= 4 is 23.7 Å². The first-order valence-electron chi connectivity index (χ1n) is 11.9. The number of aliphatic carboxylic acids is 1. The Labute approximate surface area is 209 Å². The third-order valence-corrected chi connectivity index (χ3v) is 6.20. The number of nitrogens with one attached hydrogen (secondary N) is 2. The van der Waals surface area contributed by atoms with Crippen LogP contribution in [0.25, 0.3) is 0 Å². The van der Waals surface area contributed by atoms with Crippen LogP contribution in [0.2, 0.25) is 0 Å². The lowest BCUT2D eigenvalue weighted by atomic mass is 10.0. The summed E-state index contributed by atoms with van der Waals surface area (Å²) >= 11 is 0. The lowest BCUT2D eigenvalue weighted by Crippen LogP contribution is -2.56. The average Bonchev–Trinajstić information content (AvgIpc) is 3.35. The highest BCUT2D eigenvalue weighted by Gasteiger charge is 2.37. The Morgan fingerprint density at radius 2 is 1.64 bits per heavy atom. The highest BCUT2D eigenvalue weighted by atomic mass is 16.4. The van der Waals surface area contributed by atoms with Gasteiger partial charge in [0.25, 0.3) is 0 Å². The van der Waals surface area contributed by atoms with E-state index in [1.54, 1.807) is 36.4 Å². The Hall–Kier alpha value is -3.92. The molecule has 1 saturated heterocycles. The van der Waals surface area contributed by atoms with Gasteiger partial charge in [-0.2, -0.15) is 0 Å². The van der Waals surface area contributed by atoms with Crippen molar-refractivity contribution in [3.63, 3.8) is 0 Å². The molecule has 4 unspecified atom stereocenters. The fourth-order valence-corrected chi connectivity index (χ4v) is 4.21. The number of nitrogens with zero attached hydrogens (tertiary/aromatic N) is 1. The number of phenols is 1. The van der Waals surface area contributed by atoms with Crippen LogP contribution in [0.3, 0.4) is 0 Å². The summed E-state index contributed by atoms with van der Waals surface area (Å²) in [5, 5.41) is 24.0. The predicted molar refractivity (Wildman–Crippen MR) is 132 cm³/mol. The summed E-state index contributed by atoms with van der Waals surface area (Å²) in [5.41, 5.74) is 7.66. The van der Waals surface area contributed by atoms with Crippen molar-refractivity contribution in [2.75, 3.05) is 6.54 Å². The van der Waals surface area contributed by atoms with Gasteiger partial charge in [0, 0.05) is 13.0 Å². The first-order chi connectivity index (χ1) is 17.2. The summed E-state index contributed by atoms with van der Waals surface area (Å²) in [6.45, 7) is 1.84. The van der Waals surface area contributed by atoms with E-state index in [0.29, 0.717) is 19.4 Å². The standard InChI is InChI=1S/C26H32N4O6/c1-16(23(32)29-21(26(35)36)15-17-6-3-2-4-7-17)28-24(33)22-8-5-13-30(22)25(34)20(27)14-18-9-11-19(31)12-10-18/h2-4,6-7,9-12,16,20-22,31H,5,8,13-15,27H2,1H3,(H,28,33)(H,29,32)(H,35,36). The van der Waals surface area contributed by atoms with Gasteiger partial charge in [0.15, 0.2) is 0 Å². The molecule has 192 valence electrons. The van der Waals surface area contributed by atoms with Crippen LogP contribution in [-0.2, 0) is 32.0 Å². The number of amides is 3. The molecule has 10 heteroatoms. The van der Waals surface area contributed by atoms with E-state index in [1.165, 1.54) is 24.0 Å². The third-order valence-electron chi connectivity index (χ3n) is 6.20. The van der Waals surface area contributed by atoms with Crippen LogP contribution >= 0.6 is 0 Å². The van der Waals surface area contributed by atoms with Crippen LogP contribution in [0.1, 0.15) is 30.9 Å². The number of aromatic hydroxyl groups is 1. The van der Waals surface area contributed by atoms with Crippen molar-refractivity contribution in [3.05, 3.63) is 65.7 Å². The summed E-state index contributed by atoms with van der Waals surface area (Å²) < 4.78 is 0. The number of carboxylic acid groups (broad SMARTS) is 1. The van der Waals surface area contributed by atoms with Crippen molar-refractivity contribution < 1.29 is 29.4 Å². The molecule has 4 atom stereocenters. The molecular formula is C26H32N4O6. The van der Waals surface area contributed by atoms with Crippen LogP contribution < -0.4 is 16.4 Å². The topological polar surface area (TPSA) is 162 Å². The smallest absolute Gasteiger partial charge is 0.326 e. The maximum absolute atomic E-state index is 13.0. The molecule has 36 heavy (non-hydrogen) atoms. The zero-order valence-electron chi connectivity index (χ0n) is 20.1. The van der Waals surface area contributed by atoms with Gasteiger partial charge in [-0.05, 0) is 49.4 Å². The zero-order valence-corrected chi connectivity index (χ0v) is 20.1. The van der Waals surface area contributed by atoms with Gasteiger partial charge in [-0.25, -0.2) is 4.79 Å². The van der Waals surface area contributed by atoms with Crippen molar-refractivity contribution in [1.29, 1.82) is 0 Å². The Bertz CT molecular complexity index is 1080. The molecule has 1 heterocycles.